The summed E-state index contributed by atoms with van der Waals surface area (Å²) >= 11 is 3.55. The van der Waals surface area contributed by atoms with Crippen molar-refractivity contribution in [3.63, 3.8) is 0 Å². The number of fused-ring (bicyclic) bond motifs is 1. The fourth-order valence-electron chi connectivity index (χ4n) is 3.55. The lowest BCUT2D eigenvalue weighted by Gasteiger charge is -2.19. The minimum atomic E-state index is 0.694. The number of H-pyrrole nitrogens is 1. The molecule has 19 heavy (non-hydrogen) atoms. The van der Waals surface area contributed by atoms with Crippen LogP contribution >= 0.6 is 15.9 Å². The molecule has 2 unspecified atom stereocenters. The van der Waals surface area contributed by atoms with Crippen molar-refractivity contribution < 1.29 is 0 Å². The molecule has 1 saturated carbocycles. The predicted molar refractivity (Wildman–Crippen MR) is 84.6 cm³/mol. The molecule has 0 radical (unpaired) electrons. The summed E-state index contributed by atoms with van der Waals surface area (Å²) in [6.07, 6.45) is 5.24. The molecule has 0 bridgehead atoms. The average Bonchev–Trinajstić information content (AvgIpc) is 2.95. The normalized spacial score (nSPS) is 23.3. The van der Waals surface area contributed by atoms with Crippen LogP contribution in [-0.4, -0.2) is 18.1 Å². The Labute approximate surface area is 123 Å². The number of benzene rings is 1. The minimum absolute atomic E-state index is 0.694. The lowest BCUT2D eigenvalue weighted by Crippen LogP contribution is -2.30. The molecule has 0 spiro atoms. The Morgan fingerprint density at radius 2 is 2.21 bits per heavy atom. The van der Waals surface area contributed by atoms with E-state index in [0.29, 0.717) is 6.04 Å². The highest BCUT2D eigenvalue weighted by Crippen LogP contribution is 2.33. The van der Waals surface area contributed by atoms with Crippen molar-refractivity contribution in [2.45, 2.75) is 38.6 Å². The zero-order valence-corrected chi connectivity index (χ0v) is 13.2. The second-order valence-corrected chi connectivity index (χ2v) is 6.62. The molecule has 1 aromatic carbocycles. The summed E-state index contributed by atoms with van der Waals surface area (Å²) in [5, 5.41) is 4.88. The van der Waals surface area contributed by atoms with E-state index in [2.05, 4.69) is 58.4 Å². The number of rotatable bonds is 3. The number of hydrogen-bond donors (Lipinski definition) is 2. The van der Waals surface area contributed by atoms with Crippen LogP contribution < -0.4 is 5.32 Å². The predicted octanol–water partition coefficient (Wildman–Crippen LogP) is 4.17. The molecule has 1 aliphatic carbocycles. The number of aryl methyl sites for hydroxylation is 1. The van der Waals surface area contributed by atoms with E-state index in [1.165, 1.54) is 47.8 Å². The second kappa shape index (κ2) is 5.29. The van der Waals surface area contributed by atoms with Crippen molar-refractivity contribution in [2.24, 2.45) is 5.92 Å². The Morgan fingerprint density at radius 3 is 3.00 bits per heavy atom. The van der Waals surface area contributed by atoms with Crippen LogP contribution in [-0.2, 0) is 6.42 Å². The van der Waals surface area contributed by atoms with E-state index >= 15 is 0 Å². The number of aromatic amines is 1. The van der Waals surface area contributed by atoms with Crippen LogP contribution in [0.3, 0.4) is 0 Å². The van der Waals surface area contributed by atoms with Gasteiger partial charge in [0.25, 0.3) is 0 Å². The number of aromatic nitrogens is 1. The summed E-state index contributed by atoms with van der Waals surface area (Å²) < 4.78 is 1.14. The lowest BCUT2D eigenvalue weighted by atomic mass is 9.93. The maximum atomic E-state index is 3.55. The molecule has 3 rings (SSSR count). The summed E-state index contributed by atoms with van der Waals surface area (Å²) in [6.45, 7) is 2.20. The number of hydrogen-bond acceptors (Lipinski definition) is 1. The molecule has 1 aromatic heterocycles. The molecule has 1 heterocycles. The van der Waals surface area contributed by atoms with Crippen LogP contribution in [0.4, 0.5) is 0 Å². The van der Waals surface area contributed by atoms with E-state index in [4.69, 9.17) is 0 Å². The first-order valence-corrected chi connectivity index (χ1v) is 7.92. The number of halogens is 1. The summed E-state index contributed by atoms with van der Waals surface area (Å²) in [5.41, 5.74) is 4.09. The van der Waals surface area contributed by atoms with E-state index in [0.717, 1.165) is 10.4 Å². The molecule has 2 N–H and O–H groups in total. The van der Waals surface area contributed by atoms with Gasteiger partial charge in [0, 0.05) is 27.1 Å². The van der Waals surface area contributed by atoms with E-state index in [1.807, 2.05) is 0 Å². The van der Waals surface area contributed by atoms with Gasteiger partial charge in [0.15, 0.2) is 0 Å². The summed E-state index contributed by atoms with van der Waals surface area (Å²) in [4.78, 5) is 3.52. The summed E-state index contributed by atoms with van der Waals surface area (Å²) in [7, 11) is 2.10. The van der Waals surface area contributed by atoms with Crippen molar-refractivity contribution in [1.29, 1.82) is 0 Å². The van der Waals surface area contributed by atoms with Gasteiger partial charge >= 0.3 is 0 Å². The maximum absolute atomic E-state index is 3.55. The third kappa shape index (κ3) is 2.46. The van der Waals surface area contributed by atoms with Crippen LogP contribution in [0.1, 0.15) is 30.5 Å². The quantitative estimate of drug-likeness (QED) is 0.872. The molecule has 2 atom stereocenters. The Balaban J connectivity index is 1.94. The standard InChI is InChI=1S/C16H21BrN2/c1-10-14(8-11-4-3-5-15(11)18-2)13-7-6-12(17)9-16(13)19-10/h6-7,9,11,15,18-19H,3-5,8H2,1-2H3. The van der Waals surface area contributed by atoms with Crippen molar-refractivity contribution in [1.82, 2.24) is 10.3 Å². The van der Waals surface area contributed by atoms with Gasteiger partial charge in [-0.15, -0.1) is 0 Å². The lowest BCUT2D eigenvalue weighted by molar-refractivity contribution is 0.424. The first-order valence-electron chi connectivity index (χ1n) is 7.13. The molecule has 2 aromatic rings. The average molecular weight is 321 g/mol. The van der Waals surface area contributed by atoms with E-state index < -0.39 is 0 Å². The zero-order chi connectivity index (χ0) is 13.4. The monoisotopic (exact) mass is 320 g/mol. The van der Waals surface area contributed by atoms with Gasteiger partial charge in [-0.3, -0.25) is 0 Å². The molecule has 1 fully saturated rings. The van der Waals surface area contributed by atoms with Gasteiger partial charge in [-0.05, 0) is 56.8 Å². The Morgan fingerprint density at radius 1 is 1.37 bits per heavy atom. The highest BCUT2D eigenvalue weighted by Gasteiger charge is 2.27. The molecular formula is C16H21BrN2. The molecule has 0 saturated heterocycles. The van der Waals surface area contributed by atoms with Crippen molar-refractivity contribution in [3.05, 3.63) is 33.9 Å². The molecule has 0 amide bonds. The molecule has 102 valence electrons. The Bertz CT molecular complexity index is 588. The zero-order valence-electron chi connectivity index (χ0n) is 11.6. The first-order chi connectivity index (χ1) is 9.19. The van der Waals surface area contributed by atoms with Gasteiger partial charge in [0.1, 0.15) is 0 Å². The second-order valence-electron chi connectivity index (χ2n) is 5.71. The van der Waals surface area contributed by atoms with Crippen molar-refractivity contribution in [2.75, 3.05) is 7.05 Å². The van der Waals surface area contributed by atoms with Crippen LogP contribution in [0.2, 0.25) is 0 Å². The summed E-state index contributed by atoms with van der Waals surface area (Å²) in [5.74, 6) is 0.784. The van der Waals surface area contributed by atoms with Gasteiger partial charge in [-0.25, -0.2) is 0 Å². The van der Waals surface area contributed by atoms with E-state index in [9.17, 15) is 0 Å². The topological polar surface area (TPSA) is 27.8 Å². The molecule has 3 heteroatoms. The largest absolute Gasteiger partial charge is 0.358 e. The SMILES string of the molecule is CNC1CCCC1Cc1c(C)[nH]c2cc(Br)ccc12. The van der Waals surface area contributed by atoms with Crippen LogP contribution in [0.15, 0.2) is 22.7 Å². The fraction of sp³-hybridized carbons (Fsp3) is 0.500. The Hall–Kier alpha value is -0.800. The van der Waals surface area contributed by atoms with Gasteiger partial charge in [-0.1, -0.05) is 28.4 Å². The van der Waals surface area contributed by atoms with Gasteiger partial charge in [0.2, 0.25) is 0 Å². The third-order valence-corrected chi connectivity index (χ3v) is 5.07. The van der Waals surface area contributed by atoms with Gasteiger partial charge < -0.3 is 10.3 Å². The summed E-state index contributed by atoms with van der Waals surface area (Å²) in [6, 6.07) is 7.25. The highest BCUT2D eigenvalue weighted by molar-refractivity contribution is 9.10. The van der Waals surface area contributed by atoms with Crippen LogP contribution in [0.25, 0.3) is 10.9 Å². The molecule has 1 aliphatic rings. The minimum Gasteiger partial charge on any atom is -0.358 e. The Kier molecular flexibility index (Phi) is 3.68. The molecule has 2 nitrogen and oxygen atoms in total. The molecule has 0 aliphatic heterocycles. The first kappa shape index (κ1) is 13.2. The maximum Gasteiger partial charge on any atom is 0.0470 e. The van der Waals surface area contributed by atoms with Gasteiger partial charge in [0.05, 0.1) is 0 Å². The third-order valence-electron chi connectivity index (χ3n) is 4.58. The molecular weight excluding hydrogens is 300 g/mol. The smallest absolute Gasteiger partial charge is 0.0470 e. The van der Waals surface area contributed by atoms with E-state index in [-0.39, 0.29) is 0 Å². The van der Waals surface area contributed by atoms with Crippen LogP contribution in [0.5, 0.6) is 0 Å². The van der Waals surface area contributed by atoms with E-state index in [1.54, 1.807) is 0 Å². The van der Waals surface area contributed by atoms with Gasteiger partial charge in [-0.2, -0.15) is 0 Å². The van der Waals surface area contributed by atoms with Crippen molar-refractivity contribution in [3.8, 4) is 0 Å². The van der Waals surface area contributed by atoms with Crippen molar-refractivity contribution >= 4 is 26.8 Å². The fourth-order valence-corrected chi connectivity index (χ4v) is 3.91. The van der Waals surface area contributed by atoms with Crippen LogP contribution in [0, 0.1) is 12.8 Å². The highest BCUT2D eigenvalue weighted by atomic mass is 79.9. The number of nitrogens with one attached hydrogen (secondary N) is 2.